The molecule has 0 aliphatic carbocycles. The number of rotatable bonds is 4. The minimum absolute atomic E-state index is 0.0888. The van der Waals surface area contributed by atoms with E-state index in [1.807, 2.05) is 6.07 Å². The molecular formula is C18H13ClN2O3S. The van der Waals surface area contributed by atoms with Gasteiger partial charge in [0, 0.05) is 16.9 Å². The van der Waals surface area contributed by atoms with E-state index >= 15 is 0 Å². The molecule has 25 heavy (non-hydrogen) atoms. The molecule has 0 radical (unpaired) electrons. The van der Waals surface area contributed by atoms with Gasteiger partial charge >= 0.3 is 0 Å². The number of benzene rings is 2. The summed E-state index contributed by atoms with van der Waals surface area (Å²) >= 11 is 5.77. The number of hydrogen-bond donors (Lipinski definition) is 1. The largest absolute Gasteiger partial charge is 0.322 e. The van der Waals surface area contributed by atoms with Crippen LogP contribution in [0.5, 0.6) is 0 Å². The molecule has 1 aromatic heterocycles. The lowest BCUT2D eigenvalue weighted by Crippen LogP contribution is -2.13. The SMILES string of the molecule is O=C(Nc1ccccc1)c1ccc(S(=O)(=O)c2ccc(Cl)cc2)nc1. The third-order valence-electron chi connectivity index (χ3n) is 3.43. The maximum Gasteiger partial charge on any atom is 0.257 e. The molecule has 0 saturated heterocycles. The van der Waals surface area contributed by atoms with Crippen LogP contribution in [0.15, 0.2) is 82.8 Å². The monoisotopic (exact) mass is 372 g/mol. The van der Waals surface area contributed by atoms with Gasteiger partial charge in [0.15, 0.2) is 5.03 Å². The molecule has 3 rings (SSSR count). The fourth-order valence-electron chi connectivity index (χ4n) is 2.13. The Balaban J connectivity index is 1.82. The van der Waals surface area contributed by atoms with Crippen LogP contribution in [0.4, 0.5) is 5.69 Å². The Morgan fingerprint density at radius 1 is 0.920 bits per heavy atom. The number of carbonyl (C=O) groups excluding carboxylic acids is 1. The van der Waals surface area contributed by atoms with E-state index in [0.717, 1.165) is 0 Å². The molecule has 126 valence electrons. The van der Waals surface area contributed by atoms with Gasteiger partial charge in [-0.1, -0.05) is 29.8 Å². The summed E-state index contributed by atoms with van der Waals surface area (Å²) in [7, 11) is -3.76. The number of para-hydroxylation sites is 1. The van der Waals surface area contributed by atoms with Crippen LogP contribution in [0.1, 0.15) is 10.4 Å². The van der Waals surface area contributed by atoms with E-state index in [4.69, 9.17) is 11.6 Å². The van der Waals surface area contributed by atoms with E-state index in [0.29, 0.717) is 10.7 Å². The van der Waals surface area contributed by atoms with Crippen LogP contribution >= 0.6 is 11.6 Å². The number of nitrogens with zero attached hydrogens (tertiary/aromatic N) is 1. The van der Waals surface area contributed by atoms with Crippen LogP contribution in [-0.4, -0.2) is 19.3 Å². The molecule has 1 heterocycles. The summed E-state index contributed by atoms with van der Waals surface area (Å²) in [6.07, 6.45) is 1.24. The van der Waals surface area contributed by atoms with Gasteiger partial charge in [-0.2, -0.15) is 0 Å². The van der Waals surface area contributed by atoms with E-state index < -0.39 is 9.84 Å². The normalized spacial score (nSPS) is 11.1. The van der Waals surface area contributed by atoms with Gasteiger partial charge in [0.2, 0.25) is 9.84 Å². The van der Waals surface area contributed by atoms with Gasteiger partial charge in [-0.25, -0.2) is 13.4 Å². The Morgan fingerprint density at radius 3 is 2.20 bits per heavy atom. The highest BCUT2D eigenvalue weighted by molar-refractivity contribution is 7.91. The Bertz CT molecular complexity index is 987. The number of anilines is 1. The lowest BCUT2D eigenvalue weighted by molar-refractivity contribution is 0.102. The highest BCUT2D eigenvalue weighted by Crippen LogP contribution is 2.21. The maximum absolute atomic E-state index is 12.5. The summed E-state index contributed by atoms with van der Waals surface area (Å²) in [6, 6.07) is 17.5. The topological polar surface area (TPSA) is 76.1 Å². The summed E-state index contributed by atoms with van der Waals surface area (Å²) in [5, 5.41) is 3.02. The minimum Gasteiger partial charge on any atom is -0.322 e. The summed E-state index contributed by atoms with van der Waals surface area (Å²) in [6.45, 7) is 0. The van der Waals surface area contributed by atoms with Crippen molar-refractivity contribution < 1.29 is 13.2 Å². The maximum atomic E-state index is 12.5. The number of pyridine rings is 1. The van der Waals surface area contributed by atoms with Crippen LogP contribution < -0.4 is 5.32 Å². The van der Waals surface area contributed by atoms with Gasteiger partial charge in [0.25, 0.3) is 5.91 Å². The molecule has 0 bridgehead atoms. The molecule has 0 aliphatic rings. The summed E-state index contributed by atoms with van der Waals surface area (Å²) in [5.41, 5.74) is 0.907. The third-order valence-corrected chi connectivity index (χ3v) is 5.37. The summed E-state index contributed by atoms with van der Waals surface area (Å²) < 4.78 is 25.0. The zero-order chi connectivity index (χ0) is 17.9. The van der Waals surface area contributed by atoms with Gasteiger partial charge in [-0.3, -0.25) is 4.79 Å². The molecule has 0 atom stereocenters. The molecular weight excluding hydrogens is 360 g/mol. The molecule has 1 amide bonds. The second kappa shape index (κ2) is 7.04. The van der Waals surface area contributed by atoms with Gasteiger partial charge in [-0.05, 0) is 48.5 Å². The predicted octanol–water partition coefficient (Wildman–Crippen LogP) is 3.82. The van der Waals surface area contributed by atoms with E-state index in [9.17, 15) is 13.2 Å². The fourth-order valence-corrected chi connectivity index (χ4v) is 3.43. The van der Waals surface area contributed by atoms with Crippen molar-refractivity contribution >= 4 is 33.0 Å². The van der Waals surface area contributed by atoms with Crippen LogP contribution in [-0.2, 0) is 9.84 Å². The first-order chi connectivity index (χ1) is 12.0. The molecule has 0 spiro atoms. The molecule has 1 N–H and O–H groups in total. The van der Waals surface area contributed by atoms with Crippen molar-refractivity contribution in [2.45, 2.75) is 9.92 Å². The van der Waals surface area contributed by atoms with Crippen LogP contribution in [0, 0.1) is 0 Å². The van der Waals surface area contributed by atoms with Crippen LogP contribution in [0.2, 0.25) is 5.02 Å². The lowest BCUT2D eigenvalue weighted by Gasteiger charge is -2.07. The molecule has 0 unspecified atom stereocenters. The Labute approximate surface area is 150 Å². The quantitative estimate of drug-likeness (QED) is 0.755. The van der Waals surface area contributed by atoms with E-state index in [-0.39, 0.29) is 21.4 Å². The van der Waals surface area contributed by atoms with E-state index in [2.05, 4.69) is 10.3 Å². The number of halogens is 1. The van der Waals surface area contributed by atoms with E-state index in [1.165, 1.54) is 42.6 Å². The van der Waals surface area contributed by atoms with Crippen molar-refractivity contribution in [2.75, 3.05) is 5.32 Å². The van der Waals surface area contributed by atoms with Gasteiger partial charge in [0.1, 0.15) is 0 Å². The third kappa shape index (κ3) is 3.87. The van der Waals surface area contributed by atoms with Gasteiger partial charge in [-0.15, -0.1) is 0 Å². The first-order valence-electron chi connectivity index (χ1n) is 7.30. The van der Waals surface area contributed by atoms with Crippen LogP contribution in [0.25, 0.3) is 0 Å². The number of sulfone groups is 1. The Kier molecular flexibility index (Phi) is 4.83. The number of carbonyl (C=O) groups is 1. The smallest absolute Gasteiger partial charge is 0.257 e. The van der Waals surface area contributed by atoms with Crippen LogP contribution in [0.3, 0.4) is 0 Å². The molecule has 7 heteroatoms. The predicted molar refractivity (Wildman–Crippen MR) is 95.5 cm³/mol. The molecule has 0 aliphatic heterocycles. The first-order valence-corrected chi connectivity index (χ1v) is 9.16. The molecule has 0 fully saturated rings. The number of amides is 1. The fraction of sp³-hybridized carbons (Fsp3) is 0. The van der Waals surface area contributed by atoms with Gasteiger partial charge < -0.3 is 5.32 Å². The second-order valence-corrected chi connectivity index (χ2v) is 7.50. The van der Waals surface area contributed by atoms with E-state index in [1.54, 1.807) is 24.3 Å². The lowest BCUT2D eigenvalue weighted by atomic mass is 10.2. The summed E-state index contributed by atoms with van der Waals surface area (Å²) in [4.78, 5) is 16.2. The van der Waals surface area contributed by atoms with Crippen molar-refractivity contribution in [3.05, 3.63) is 83.5 Å². The highest BCUT2D eigenvalue weighted by Gasteiger charge is 2.19. The minimum atomic E-state index is -3.76. The second-order valence-electron chi connectivity index (χ2n) is 5.16. The number of aromatic nitrogens is 1. The average Bonchev–Trinajstić information content (AvgIpc) is 2.63. The van der Waals surface area contributed by atoms with Crippen molar-refractivity contribution in [3.63, 3.8) is 0 Å². The Morgan fingerprint density at radius 2 is 1.60 bits per heavy atom. The molecule has 3 aromatic rings. The highest BCUT2D eigenvalue weighted by atomic mass is 35.5. The van der Waals surface area contributed by atoms with Crippen molar-refractivity contribution in [1.29, 1.82) is 0 Å². The van der Waals surface area contributed by atoms with Crippen molar-refractivity contribution in [1.82, 2.24) is 4.98 Å². The number of hydrogen-bond acceptors (Lipinski definition) is 4. The van der Waals surface area contributed by atoms with Gasteiger partial charge in [0.05, 0.1) is 10.5 Å². The molecule has 2 aromatic carbocycles. The average molecular weight is 373 g/mol. The zero-order valence-corrected chi connectivity index (χ0v) is 14.5. The standard InChI is InChI=1S/C18H13ClN2O3S/c19-14-7-9-16(10-8-14)25(23,24)17-11-6-13(12-20-17)18(22)21-15-4-2-1-3-5-15/h1-12H,(H,21,22). The Hall–Kier alpha value is -2.70. The first kappa shape index (κ1) is 17.1. The number of nitrogens with one attached hydrogen (secondary N) is 1. The van der Waals surface area contributed by atoms with Crippen molar-refractivity contribution in [3.8, 4) is 0 Å². The summed E-state index contributed by atoms with van der Waals surface area (Å²) in [5.74, 6) is -0.367. The molecule has 5 nitrogen and oxygen atoms in total. The zero-order valence-electron chi connectivity index (χ0n) is 12.9. The molecule has 0 saturated carbocycles. The van der Waals surface area contributed by atoms with Crippen molar-refractivity contribution in [2.24, 2.45) is 0 Å².